The lowest BCUT2D eigenvalue weighted by atomic mass is 9.98. The first-order valence-electron chi connectivity index (χ1n) is 9.13. The van der Waals surface area contributed by atoms with Gasteiger partial charge in [-0.15, -0.1) is 24.0 Å². The van der Waals surface area contributed by atoms with Gasteiger partial charge in [0.25, 0.3) is 0 Å². The van der Waals surface area contributed by atoms with Gasteiger partial charge in [0, 0.05) is 20.6 Å². The summed E-state index contributed by atoms with van der Waals surface area (Å²) in [6.45, 7) is 1.45. The molecule has 2 aromatic rings. The van der Waals surface area contributed by atoms with E-state index in [1.54, 1.807) is 19.2 Å². The lowest BCUT2D eigenvalue weighted by Gasteiger charge is -2.24. The molecule has 0 fully saturated rings. The van der Waals surface area contributed by atoms with Crippen LogP contribution in [0.25, 0.3) is 0 Å². The molecule has 0 saturated carbocycles. The van der Waals surface area contributed by atoms with Crippen LogP contribution in [0, 0.1) is 11.7 Å². The number of nitrogens with two attached hydrogens (primary N) is 1. The molecule has 0 heterocycles. The second kappa shape index (κ2) is 13.0. The number of benzene rings is 2. The molecule has 1 atom stereocenters. The summed E-state index contributed by atoms with van der Waals surface area (Å²) in [5.41, 5.74) is 6.39. The Morgan fingerprint density at radius 1 is 1.21 bits per heavy atom. The number of hydrogen-bond donors (Lipinski definition) is 2. The Kier molecular flexibility index (Phi) is 11.0. The summed E-state index contributed by atoms with van der Waals surface area (Å²) >= 11 is 0. The Bertz CT molecular complexity index is 772. The van der Waals surface area contributed by atoms with Crippen molar-refractivity contribution in [2.24, 2.45) is 16.6 Å². The van der Waals surface area contributed by atoms with Gasteiger partial charge in [-0.2, -0.15) is 0 Å². The highest BCUT2D eigenvalue weighted by Crippen LogP contribution is 2.10. The average molecular weight is 514 g/mol. The maximum atomic E-state index is 13.0. The number of nitrogens with zero attached hydrogens (tertiary/aromatic N) is 2. The fourth-order valence-corrected chi connectivity index (χ4v) is 2.70. The van der Waals surface area contributed by atoms with Crippen LogP contribution >= 0.6 is 24.0 Å². The molecule has 2 rings (SSSR count). The van der Waals surface area contributed by atoms with Crippen molar-refractivity contribution in [2.75, 3.05) is 33.8 Å². The van der Waals surface area contributed by atoms with Crippen LogP contribution in [-0.2, 0) is 11.2 Å². The van der Waals surface area contributed by atoms with Crippen molar-refractivity contribution >= 4 is 35.8 Å². The lowest BCUT2D eigenvalue weighted by Crippen LogP contribution is -2.45. The Morgan fingerprint density at radius 3 is 2.45 bits per heavy atom. The summed E-state index contributed by atoms with van der Waals surface area (Å²) < 4.78 is 18.7. The van der Waals surface area contributed by atoms with Crippen LogP contribution in [0.5, 0.6) is 5.75 Å². The first-order valence-corrected chi connectivity index (χ1v) is 9.13. The van der Waals surface area contributed by atoms with Crippen LogP contribution in [0.2, 0.25) is 0 Å². The van der Waals surface area contributed by atoms with Gasteiger partial charge in [-0.3, -0.25) is 9.79 Å². The number of ether oxygens (including phenoxy) is 1. The van der Waals surface area contributed by atoms with E-state index in [4.69, 9.17) is 10.5 Å². The van der Waals surface area contributed by atoms with E-state index < -0.39 is 11.8 Å². The maximum absolute atomic E-state index is 13.0. The number of primary amides is 1. The third-order valence-corrected chi connectivity index (χ3v) is 4.32. The van der Waals surface area contributed by atoms with Crippen molar-refractivity contribution in [3.05, 3.63) is 66.0 Å². The van der Waals surface area contributed by atoms with Crippen LogP contribution < -0.4 is 15.8 Å². The SMILES string of the molecule is CN=C(NCC(Cc1ccc(F)cc1)C(N)=O)N(C)CCOc1ccccc1.I. The number of nitrogens with one attached hydrogen (secondary N) is 1. The maximum Gasteiger partial charge on any atom is 0.222 e. The fourth-order valence-electron chi connectivity index (χ4n) is 2.70. The van der Waals surface area contributed by atoms with E-state index in [-0.39, 0.29) is 29.8 Å². The van der Waals surface area contributed by atoms with Gasteiger partial charge < -0.3 is 20.7 Å². The molecule has 1 amide bonds. The van der Waals surface area contributed by atoms with Crippen molar-refractivity contribution < 1.29 is 13.9 Å². The minimum absolute atomic E-state index is 0. The summed E-state index contributed by atoms with van der Waals surface area (Å²) in [7, 11) is 3.57. The van der Waals surface area contributed by atoms with Gasteiger partial charge in [0.05, 0.1) is 12.5 Å². The molecule has 29 heavy (non-hydrogen) atoms. The molecule has 0 aliphatic rings. The fraction of sp³-hybridized carbons (Fsp3) is 0.333. The van der Waals surface area contributed by atoms with E-state index in [1.807, 2.05) is 42.3 Å². The highest BCUT2D eigenvalue weighted by molar-refractivity contribution is 14.0. The number of guanidine groups is 1. The van der Waals surface area contributed by atoms with Crippen LogP contribution in [-0.4, -0.2) is 50.6 Å². The summed E-state index contributed by atoms with van der Waals surface area (Å²) in [5.74, 6) is 0.296. The first kappa shape index (κ1) is 24.7. The van der Waals surface area contributed by atoms with Crippen LogP contribution in [0.3, 0.4) is 0 Å². The number of aliphatic imine (C=N–C) groups is 1. The van der Waals surface area contributed by atoms with Crippen molar-refractivity contribution in [3.63, 3.8) is 0 Å². The lowest BCUT2D eigenvalue weighted by molar-refractivity contribution is -0.121. The van der Waals surface area contributed by atoms with Gasteiger partial charge in [-0.1, -0.05) is 30.3 Å². The Morgan fingerprint density at radius 2 is 1.86 bits per heavy atom. The number of likely N-dealkylation sites (N-methyl/N-ethyl adjacent to an activating group) is 1. The molecular weight excluding hydrogens is 486 g/mol. The smallest absolute Gasteiger partial charge is 0.222 e. The zero-order valence-corrected chi connectivity index (χ0v) is 19.0. The van der Waals surface area contributed by atoms with Crippen molar-refractivity contribution in [1.29, 1.82) is 0 Å². The van der Waals surface area contributed by atoms with Crippen LogP contribution in [0.15, 0.2) is 59.6 Å². The molecule has 0 aliphatic heterocycles. The number of para-hydroxylation sites is 1. The van der Waals surface area contributed by atoms with Gasteiger partial charge in [-0.05, 0) is 36.2 Å². The van der Waals surface area contributed by atoms with Crippen molar-refractivity contribution in [1.82, 2.24) is 10.2 Å². The van der Waals surface area contributed by atoms with Crippen molar-refractivity contribution in [3.8, 4) is 5.75 Å². The second-order valence-corrected chi connectivity index (χ2v) is 6.44. The number of hydrogen-bond acceptors (Lipinski definition) is 3. The molecule has 0 aromatic heterocycles. The molecule has 6 nitrogen and oxygen atoms in total. The van der Waals surface area contributed by atoms with Crippen molar-refractivity contribution in [2.45, 2.75) is 6.42 Å². The molecular formula is C21H28FIN4O2. The molecule has 8 heteroatoms. The van der Waals surface area contributed by atoms with Gasteiger partial charge >= 0.3 is 0 Å². The second-order valence-electron chi connectivity index (χ2n) is 6.44. The van der Waals surface area contributed by atoms with Crippen LogP contribution in [0.4, 0.5) is 4.39 Å². The van der Waals surface area contributed by atoms with Gasteiger partial charge in [0.15, 0.2) is 5.96 Å². The molecule has 3 N–H and O–H groups in total. The predicted molar refractivity (Wildman–Crippen MR) is 124 cm³/mol. The zero-order valence-electron chi connectivity index (χ0n) is 16.7. The first-order chi connectivity index (χ1) is 13.5. The highest BCUT2D eigenvalue weighted by Gasteiger charge is 2.17. The van der Waals surface area contributed by atoms with E-state index in [1.165, 1.54) is 12.1 Å². The highest BCUT2D eigenvalue weighted by atomic mass is 127. The molecule has 0 spiro atoms. The molecule has 2 aromatic carbocycles. The number of carbonyl (C=O) groups is 1. The number of carbonyl (C=O) groups excluding carboxylic acids is 1. The number of rotatable bonds is 9. The normalized spacial score (nSPS) is 11.9. The molecule has 0 aliphatic carbocycles. The minimum Gasteiger partial charge on any atom is -0.492 e. The topological polar surface area (TPSA) is 79.9 Å². The minimum atomic E-state index is -0.434. The van der Waals surface area contributed by atoms with Crippen LogP contribution in [0.1, 0.15) is 5.56 Å². The number of halogens is 2. The van der Waals surface area contributed by atoms with Gasteiger partial charge in [0.2, 0.25) is 5.91 Å². The Hall–Kier alpha value is -2.36. The van der Waals surface area contributed by atoms with Gasteiger partial charge in [0.1, 0.15) is 18.2 Å². The monoisotopic (exact) mass is 514 g/mol. The quantitative estimate of drug-likeness (QED) is 0.307. The molecule has 1 unspecified atom stereocenters. The van der Waals surface area contributed by atoms with E-state index >= 15 is 0 Å². The number of amides is 1. The average Bonchev–Trinajstić information content (AvgIpc) is 2.69. The molecule has 158 valence electrons. The largest absolute Gasteiger partial charge is 0.492 e. The summed E-state index contributed by atoms with van der Waals surface area (Å²) in [6, 6.07) is 15.7. The van der Waals surface area contributed by atoms with E-state index in [0.717, 1.165) is 11.3 Å². The zero-order chi connectivity index (χ0) is 20.4. The predicted octanol–water partition coefficient (Wildman–Crippen LogP) is 2.67. The van der Waals surface area contributed by atoms with E-state index in [2.05, 4.69) is 10.3 Å². The standard InChI is InChI=1S/C21H27FN4O2.HI/c1-24-21(26(2)12-13-28-19-6-4-3-5-7-19)25-15-17(20(23)27)14-16-8-10-18(22)11-9-16;/h3-11,17H,12-15H2,1-2H3,(H2,23,27)(H,24,25);1H. The molecule has 0 saturated heterocycles. The van der Waals surface area contributed by atoms with E-state index in [9.17, 15) is 9.18 Å². The summed E-state index contributed by atoms with van der Waals surface area (Å²) in [6.07, 6.45) is 0.431. The van der Waals surface area contributed by atoms with Gasteiger partial charge in [-0.25, -0.2) is 4.39 Å². The molecule has 0 radical (unpaired) electrons. The van der Waals surface area contributed by atoms with E-state index in [0.29, 0.717) is 32.1 Å². The summed E-state index contributed by atoms with van der Waals surface area (Å²) in [4.78, 5) is 18.0. The Labute approximate surface area is 188 Å². The molecule has 0 bridgehead atoms. The third-order valence-electron chi connectivity index (χ3n) is 4.32. The Balaban J connectivity index is 0.00000420. The summed E-state index contributed by atoms with van der Waals surface area (Å²) in [5, 5.41) is 3.18. The third kappa shape index (κ3) is 8.68.